The summed E-state index contributed by atoms with van der Waals surface area (Å²) < 4.78 is 10.9. The number of hydrogen-bond acceptors (Lipinski definition) is 5. The molecule has 5 nitrogen and oxygen atoms in total. The highest BCUT2D eigenvalue weighted by molar-refractivity contribution is 5.55. The maximum absolute atomic E-state index is 9.05. The summed E-state index contributed by atoms with van der Waals surface area (Å²) in [4.78, 5) is 0. The number of benzene rings is 2. The van der Waals surface area contributed by atoms with Crippen molar-refractivity contribution in [1.29, 1.82) is 5.26 Å². The van der Waals surface area contributed by atoms with Gasteiger partial charge in [0.2, 0.25) is 12.3 Å². The van der Waals surface area contributed by atoms with Crippen LogP contribution in [0.25, 0.3) is 11.5 Å². The summed E-state index contributed by atoms with van der Waals surface area (Å²) in [6, 6.07) is 16.9. The summed E-state index contributed by atoms with van der Waals surface area (Å²) in [5.41, 5.74) is 2.26. The molecule has 0 saturated heterocycles. The third kappa shape index (κ3) is 2.90. The second kappa shape index (κ2) is 5.88. The Balaban J connectivity index is 1.77. The Hall–Kier alpha value is -3.13. The molecule has 0 aliphatic carbocycles. The molecule has 2 aromatic carbocycles. The van der Waals surface area contributed by atoms with E-state index in [1.165, 1.54) is 6.39 Å². The molecule has 0 bridgehead atoms. The first-order valence-electron chi connectivity index (χ1n) is 6.34. The maximum Gasteiger partial charge on any atom is 0.247 e. The van der Waals surface area contributed by atoms with E-state index in [1.807, 2.05) is 42.5 Å². The predicted octanol–water partition coefficient (Wildman–Crippen LogP) is 3.19. The largest absolute Gasteiger partial charge is 0.489 e. The van der Waals surface area contributed by atoms with Crippen molar-refractivity contribution in [2.75, 3.05) is 0 Å². The lowest BCUT2D eigenvalue weighted by Gasteiger charge is -2.08. The average Bonchev–Trinajstić information content (AvgIpc) is 3.08. The molecule has 21 heavy (non-hydrogen) atoms. The van der Waals surface area contributed by atoms with Crippen LogP contribution in [-0.4, -0.2) is 10.2 Å². The predicted molar refractivity (Wildman–Crippen MR) is 75.2 cm³/mol. The Morgan fingerprint density at radius 3 is 2.86 bits per heavy atom. The fraction of sp³-hybridized carbons (Fsp3) is 0.0625. The second-order valence-corrected chi connectivity index (χ2v) is 4.33. The highest BCUT2D eigenvalue weighted by Gasteiger charge is 2.06. The van der Waals surface area contributed by atoms with Crippen LogP contribution in [-0.2, 0) is 6.61 Å². The number of nitrogens with zero attached hydrogens (tertiary/aromatic N) is 3. The van der Waals surface area contributed by atoms with Crippen LogP contribution in [0, 0.1) is 11.3 Å². The van der Waals surface area contributed by atoms with Crippen LogP contribution in [0.4, 0.5) is 0 Å². The molecule has 0 aliphatic rings. The molecule has 102 valence electrons. The van der Waals surface area contributed by atoms with Crippen molar-refractivity contribution in [3.05, 3.63) is 66.1 Å². The van der Waals surface area contributed by atoms with Crippen LogP contribution < -0.4 is 4.74 Å². The van der Waals surface area contributed by atoms with E-state index >= 15 is 0 Å². The lowest BCUT2D eigenvalue weighted by molar-refractivity contribution is 0.306. The molecule has 0 atom stereocenters. The highest BCUT2D eigenvalue weighted by Crippen LogP contribution is 2.22. The molecule has 1 aromatic heterocycles. The molecular weight excluding hydrogens is 266 g/mol. The zero-order valence-corrected chi connectivity index (χ0v) is 11.1. The van der Waals surface area contributed by atoms with Crippen molar-refractivity contribution in [1.82, 2.24) is 10.2 Å². The summed E-state index contributed by atoms with van der Waals surface area (Å²) >= 11 is 0. The molecule has 0 fully saturated rings. The third-order valence-electron chi connectivity index (χ3n) is 2.97. The van der Waals surface area contributed by atoms with E-state index in [9.17, 15) is 0 Å². The topological polar surface area (TPSA) is 71.9 Å². The van der Waals surface area contributed by atoms with E-state index in [1.54, 1.807) is 6.07 Å². The van der Waals surface area contributed by atoms with E-state index in [0.29, 0.717) is 23.8 Å². The quantitative estimate of drug-likeness (QED) is 0.732. The fourth-order valence-electron chi connectivity index (χ4n) is 1.93. The van der Waals surface area contributed by atoms with Gasteiger partial charge in [-0.1, -0.05) is 24.3 Å². The Morgan fingerprint density at radius 2 is 2.05 bits per heavy atom. The minimum Gasteiger partial charge on any atom is -0.489 e. The second-order valence-electron chi connectivity index (χ2n) is 4.33. The monoisotopic (exact) mass is 277 g/mol. The minimum atomic E-state index is 0.330. The molecule has 0 saturated carbocycles. The van der Waals surface area contributed by atoms with Gasteiger partial charge in [0.25, 0.3) is 0 Å². The van der Waals surface area contributed by atoms with E-state index in [2.05, 4.69) is 16.3 Å². The first kappa shape index (κ1) is 12.9. The number of aromatic nitrogens is 2. The zero-order valence-electron chi connectivity index (χ0n) is 11.1. The lowest BCUT2D eigenvalue weighted by atomic mass is 10.1. The fourth-order valence-corrected chi connectivity index (χ4v) is 1.93. The van der Waals surface area contributed by atoms with Crippen molar-refractivity contribution in [3.8, 4) is 23.3 Å². The molecule has 3 rings (SSSR count). The van der Waals surface area contributed by atoms with Gasteiger partial charge in [0, 0.05) is 11.1 Å². The molecule has 0 aliphatic heterocycles. The van der Waals surface area contributed by atoms with Gasteiger partial charge in [-0.3, -0.25) is 0 Å². The molecule has 0 radical (unpaired) electrons. The Bertz CT molecular complexity index is 776. The third-order valence-corrected chi connectivity index (χ3v) is 2.97. The number of rotatable bonds is 4. The van der Waals surface area contributed by atoms with Crippen LogP contribution in [0.3, 0.4) is 0 Å². The van der Waals surface area contributed by atoms with Gasteiger partial charge in [0.15, 0.2) is 0 Å². The van der Waals surface area contributed by atoms with Gasteiger partial charge in [0.05, 0.1) is 11.6 Å². The highest BCUT2D eigenvalue weighted by atomic mass is 16.5. The average molecular weight is 277 g/mol. The van der Waals surface area contributed by atoms with Gasteiger partial charge in [0.1, 0.15) is 12.4 Å². The Labute approximate surface area is 121 Å². The Kier molecular flexibility index (Phi) is 3.61. The number of ether oxygens (including phenoxy) is 1. The molecule has 0 N–H and O–H groups in total. The molecule has 0 amide bonds. The van der Waals surface area contributed by atoms with Crippen molar-refractivity contribution < 1.29 is 9.15 Å². The van der Waals surface area contributed by atoms with Crippen LogP contribution in [0.5, 0.6) is 5.75 Å². The summed E-state index contributed by atoms with van der Waals surface area (Å²) in [6.45, 7) is 0.330. The number of nitriles is 1. The van der Waals surface area contributed by atoms with Crippen molar-refractivity contribution in [2.24, 2.45) is 0 Å². The van der Waals surface area contributed by atoms with Gasteiger partial charge in [-0.05, 0) is 24.3 Å². The van der Waals surface area contributed by atoms with Crippen molar-refractivity contribution in [2.45, 2.75) is 6.61 Å². The lowest BCUT2D eigenvalue weighted by Crippen LogP contribution is -1.98. The zero-order chi connectivity index (χ0) is 14.5. The molecule has 0 unspecified atom stereocenters. The maximum atomic E-state index is 9.05. The van der Waals surface area contributed by atoms with E-state index in [0.717, 1.165) is 11.1 Å². The smallest absolute Gasteiger partial charge is 0.247 e. The first-order chi connectivity index (χ1) is 10.4. The molecule has 0 spiro atoms. The normalized spacial score (nSPS) is 10.0. The van der Waals surface area contributed by atoms with Crippen LogP contribution >= 0.6 is 0 Å². The summed E-state index contributed by atoms with van der Waals surface area (Å²) in [7, 11) is 0. The number of hydrogen-bond donors (Lipinski definition) is 0. The molecule has 3 aromatic rings. The van der Waals surface area contributed by atoms with Gasteiger partial charge >= 0.3 is 0 Å². The van der Waals surface area contributed by atoms with Gasteiger partial charge in [-0.15, -0.1) is 10.2 Å². The van der Waals surface area contributed by atoms with Gasteiger partial charge < -0.3 is 9.15 Å². The van der Waals surface area contributed by atoms with Gasteiger partial charge in [-0.25, -0.2) is 0 Å². The van der Waals surface area contributed by atoms with Crippen molar-refractivity contribution >= 4 is 0 Å². The van der Waals surface area contributed by atoms with Crippen LogP contribution in [0.2, 0.25) is 0 Å². The summed E-state index contributed by atoms with van der Waals surface area (Å²) in [5, 5.41) is 16.6. The summed E-state index contributed by atoms with van der Waals surface area (Å²) in [5.74, 6) is 1.12. The first-order valence-corrected chi connectivity index (χ1v) is 6.34. The van der Waals surface area contributed by atoms with Crippen LogP contribution in [0.1, 0.15) is 11.1 Å². The standard InChI is InChI=1S/C16H11N3O2/c17-9-13-4-1-2-5-14(13)10-20-15-7-3-6-12(8-15)16-19-18-11-21-16/h1-8,11H,10H2. The van der Waals surface area contributed by atoms with E-state index in [-0.39, 0.29) is 0 Å². The minimum absolute atomic E-state index is 0.330. The summed E-state index contributed by atoms with van der Waals surface area (Å²) in [6.07, 6.45) is 1.28. The van der Waals surface area contributed by atoms with E-state index in [4.69, 9.17) is 14.4 Å². The van der Waals surface area contributed by atoms with Crippen LogP contribution in [0.15, 0.2) is 59.3 Å². The van der Waals surface area contributed by atoms with Crippen molar-refractivity contribution in [3.63, 3.8) is 0 Å². The SMILES string of the molecule is N#Cc1ccccc1COc1cccc(-c2nnco2)c1. The molecule has 1 heterocycles. The molecular formula is C16H11N3O2. The Morgan fingerprint density at radius 1 is 1.14 bits per heavy atom. The van der Waals surface area contributed by atoms with Gasteiger partial charge in [-0.2, -0.15) is 5.26 Å². The van der Waals surface area contributed by atoms with E-state index < -0.39 is 0 Å². The molecule has 5 heteroatoms.